The number of carbonyl (C=O) groups excluding carboxylic acids is 2. The second kappa shape index (κ2) is 11.3. The number of methoxy groups -OCH3 is 1. The maximum absolute atomic E-state index is 13.4. The topological polar surface area (TPSA) is 99.8 Å². The second-order valence-corrected chi connectivity index (χ2v) is 11.3. The van der Waals surface area contributed by atoms with Gasteiger partial charge in [0.25, 0.3) is 0 Å². The van der Waals surface area contributed by atoms with E-state index in [9.17, 15) is 9.59 Å². The summed E-state index contributed by atoms with van der Waals surface area (Å²) in [4.78, 5) is 40.6. The summed E-state index contributed by atoms with van der Waals surface area (Å²) in [5.74, 6) is -0.233. The molecule has 3 aliphatic rings. The van der Waals surface area contributed by atoms with Crippen LogP contribution >= 0.6 is 0 Å². The molecule has 3 aromatic heterocycles. The van der Waals surface area contributed by atoms with E-state index in [0.29, 0.717) is 17.7 Å². The van der Waals surface area contributed by atoms with Gasteiger partial charge in [0.2, 0.25) is 0 Å². The fraction of sp³-hybridized carbons (Fsp3) is 0.353. The summed E-state index contributed by atoms with van der Waals surface area (Å²) in [5.41, 5.74) is 11.5. The van der Waals surface area contributed by atoms with Crippen LogP contribution in [0.4, 0.5) is 0 Å². The molecule has 0 amide bonds. The summed E-state index contributed by atoms with van der Waals surface area (Å²) in [6.45, 7) is 14.4. The molecule has 8 heteroatoms. The van der Waals surface area contributed by atoms with Crippen LogP contribution in [0.3, 0.4) is 0 Å². The van der Waals surface area contributed by atoms with Gasteiger partial charge in [0, 0.05) is 40.8 Å². The molecule has 2 atom stereocenters. The van der Waals surface area contributed by atoms with E-state index < -0.39 is 0 Å². The molecule has 5 heterocycles. The molecule has 2 aliphatic heterocycles. The molecule has 0 saturated carbocycles. The number of ketones is 1. The van der Waals surface area contributed by atoms with Crippen LogP contribution in [0.25, 0.3) is 35.2 Å². The summed E-state index contributed by atoms with van der Waals surface area (Å²) < 4.78 is 4.95. The van der Waals surface area contributed by atoms with Crippen molar-refractivity contribution in [1.29, 1.82) is 0 Å². The largest absolute Gasteiger partial charge is 0.664 e. The summed E-state index contributed by atoms with van der Waals surface area (Å²) in [5, 5.41) is 6.89. The van der Waals surface area contributed by atoms with Crippen molar-refractivity contribution in [3.05, 3.63) is 90.1 Å². The van der Waals surface area contributed by atoms with Gasteiger partial charge in [-0.1, -0.05) is 72.6 Å². The Balaban J connectivity index is 0.00000353. The fourth-order valence-electron chi connectivity index (χ4n) is 6.64. The van der Waals surface area contributed by atoms with Crippen molar-refractivity contribution >= 4 is 41.6 Å². The minimum atomic E-state index is -0.257. The van der Waals surface area contributed by atoms with Gasteiger partial charge >= 0.3 is 5.97 Å². The van der Waals surface area contributed by atoms with Gasteiger partial charge in [-0.05, 0) is 51.0 Å². The fourth-order valence-corrected chi connectivity index (χ4v) is 6.64. The van der Waals surface area contributed by atoms with Gasteiger partial charge in [0.05, 0.1) is 7.11 Å². The van der Waals surface area contributed by atoms with Gasteiger partial charge in [0.1, 0.15) is 0 Å². The van der Waals surface area contributed by atoms with Crippen LogP contribution in [0.5, 0.6) is 0 Å². The van der Waals surface area contributed by atoms with Gasteiger partial charge < -0.3 is 25.0 Å². The van der Waals surface area contributed by atoms with Crippen molar-refractivity contribution in [1.82, 2.24) is 15.0 Å². The molecule has 0 N–H and O–H groups in total. The zero-order chi connectivity index (χ0) is 29.2. The number of aromatic nitrogens is 3. The molecule has 6 rings (SSSR count). The molecule has 1 radical (unpaired) electrons. The Morgan fingerprint density at radius 1 is 1.02 bits per heavy atom. The van der Waals surface area contributed by atoms with Crippen molar-refractivity contribution in [2.24, 2.45) is 11.8 Å². The number of hydrogen-bond acceptors (Lipinski definition) is 3. The average molecular weight is 655 g/mol. The van der Waals surface area contributed by atoms with Crippen LogP contribution in [-0.2, 0) is 38.3 Å². The minimum absolute atomic E-state index is 0. The molecule has 0 spiro atoms. The summed E-state index contributed by atoms with van der Waals surface area (Å²) in [6.07, 6.45) is 9.87. The molecule has 3 aromatic rings. The summed E-state index contributed by atoms with van der Waals surface area (Å²) in [7, 11) is 1.41. The number of rotatable bonds is 5. The van der Waals surface area contributed by atoms with Gasteiger partial charge in [-0.3, -0.25) is 9.59 Å². The van der Waals surface area contributed by atoms with E-state index in [2.05, 4.69) is 34.3 Å². The Morgan fingerprint density at radius 2 is 1.74 bits per heavy atom. The standard InChI is InChI=1S/C34H35N4O3.Ag/c1-8-20-16(3)24-13-26-18(5)22(10-11-31(40)41-7)33(37-26)23-12-30(39)32-19(6)27(38-34(23)32)15-29-21(9-2)17(4)25(36-29)14-28(20)35-24;/h8,13-15,18,22H,1,9-12H2,2-7H3,(H-,37,38,39);/q-3;/p-1/b25-14-,26-13-,29-15-;. The zero-order valence-corrected chi connectivity index (χ0v) is 26.3. The SMILES string of the molecule is C=Cc1c2[n-]c(c1C)/C=C1\[N-]/C(=C3/CC(=O)c4c3[n-]c(c4C)/C=c3\[n-]/c(c(C)c3CC)=C\2)C(CCC(=O)OC)C1C.[Ag]. The van der Waals surface area contributed by atoms with E-state index in [1.165, 1.54) is 7.11 Å². The molecule has 8 bridgehead atoms. The second-order valence-electron chi connectivity index (χ2n) is 11.3. The van der Waals surface area contributed by atoms with Gasteiger partial charge in [-0.15, -0.1) is 33.5 Å². The Bertz CT molecular complexity index is 1830. The number of Topliss-reactive ketones (excluding diaryl/α,β-unsaturated/α-hetero) is 1. The predicted octanol–water partition coefficient (Wildman–Crippen LogP) is 4.59. The van der Waals surface area contributed by atoms with Gasteiger partial charge in [-0.2, -0.15) is 11.4 Å². The number of allylic oxidation sites excluding steroid dienone is 3. The normalized spacial score (nSPS) is 23.2. The average Bonchev–Trinajstić information content (AvgIpc) is 3.70. The molecule has 42 heavy (non-hydrogen) atoms. The smallest absolute Gasteiger partial charge is 0.305 e. The van der Waals surface area contributed by atoms with Crippen molar-refractivity contribution in [2.75, 3.05) is 7.11 Å². The van der Waals surface area contributed by atoms with E-state index in [-0.39, 0.29) is 58.8 Å². The Morgan fingerprint density at radius 3 is 2.43 bits per heavy atom. The van der Waals surface area contributed by atoms with Crippen LogP contribution in [0, 0.1) is 32.6 Å². The van der Waals surface area contributed by atoms with Crippen molar-refractivity contribution in [3.8, 4) is 0 Å². The summed E-state index contributed by atoms with van der Waals surface area (Å²) >= 11 is 0. The monoisotopic (exact) mass is 653 g/mol. The van der Waals surface area contributed by atoms with Crippen molar-refractivity contribution in [2.45, 2.75) is 60.3 Å². The van der Waals surface area contributed by atoms with Crippen LogP contribution in [0.1, 0.15) is 94.1 Å². The van der Waals surface area contributed by atoms with E-state index >= 15 is 0 Å². The van der Waals surface area contributed by atoms with Crippen LogP contribution < -0.4 is 25.7 Å². The molecular formula is C34H34AgN4O3-4. The maximum Gasteiger partial charge on any atom is 0.305 e. The predicted molar refractivity (Wildman–Crippen MR) is 160 cm³/mol. The van der Waals surface area contributed by atoms with Crippen LogP contribution in [0.15, 0.2) is 18.0 Å². The number of hydrogen-bond donors (Lipinski definition) is 0. The first-order valence-corrected chi connectivity index (χ1v) is 14.3. The van der Waals surface area contributed by atoms with Crippen molar-refractivity contribution in [3.63, 3.8) is 0 Å². The van der Waals surface area contributed by atoms with Crippen LogP contribution in [-0.4, -0.2) is 18.9 Å². The minimum Gasteiger partial charge on any atom is -0.664 e. The molecule has 0 aromatic carbocycles. The quantitative estimate of drug-likeness (QED) is 0.295. The van der Waals surface area contributed by atoms with Crippen molar-refractivity contribution < 1.29 is 36.7 Å². The molecule has 1 aliphatic carbocycles. The molecule has 223 valence electrons. The maximum atomic E-state index is 13.4. The molecular weight excluding hydrogens is 620 g/mol. The number of carbonyl (C=O) groups is 2. The molecule has 2 unspecified atom stereocenters. The van der Waals surface area contributed by atoms with E-state index in [1.807, 2.05) is 31.2 Å². The zero-order valence-electron chi connectivity index (χ0n) is 24.8. The summed E-state index contributed by atoms with van der Waals surface area (Å²) in [6, 6.07) is 0. The van der Waals surface area contributed by atoms with Gasteiger partial charge in [-0.25, -0.2) is 0 Å². The molecule has 1 fully saturated rings. The number of ether oxygens (including phenoxy) is 1. The van der Waals surface area contributed by atoms with E-state index in [1.54, 1.807) is 0 Å². The number of nitrogens with zero attached hydrogens (tertiary/aromatic N) is 4. The third kappa shape index (κ3) is 4.64. The third-order valence-corrected chi connectivity index (χ3v) is 9.08. The van der Waals surface area contributed by atoms with Gasteiger partial charge in [0.15, 0.2) is 5.78 Å². The Hall–Kier alpha value is -3.52. The van der Waals surface area contributed by atoms with E-state index in [4.69, 9.17) is 25.0 Å². The first-order valence-electron chi connectivity index (χ1n) is 14.3. The van der Waals surface area contributed by atoms with Crippen LogP contribution in [0.2, 0.25) is 0 Å². The third-order valence-electron chi connectivity index (χ3n) is 9.08. The Kier molecular flexibility index (Phi) is 8.05. The molecule has 7 nitrogen and oxygen atoms in total. The molecule has 1 saturated heterocycles. The number of esters is 1. The van der Waals surface area contributed by atoms with E-state index in [0.717, 1.165) is 79.0 Å². The Labute approximate surface area is 261 Å². The first-order chi connectivity index (χ1) is 19.7. The number of fused-ring (bicyclic) bond motifs is 7. The first kappa shape index (κ1) is 30.0.